The molecule has 4 heteroatoms. The van der Waals surface area contributed by atoms with E-state index in [0.717, 1.165) is 12.2 Å². The van der Waals surface area contributed by atoms with E-state index in [1.807, 2.05) is 11.7 Å². The fraction of sp³-hybridized carbons (Fsp3) is 0.800. The zero-order chi connectivity index (χ0) is 9.97. The van der Waals surface area contributed by atoms with E-state index in [9.17, 15) is 0 Å². The van der Waals surface area contributed by atoms with Crippen LogP contribution < -0.4 is 5.32 Å². The zero-order valence-corrected chi connectivity index (χ0v) is 8.90. The Morgan fingerprint density at radius 2 is 2.43 bits per heavy atom. The average Bonchev–Trinajstić information content (AvgIpc) is 2.52. The minimum Gasteiger partial charge on any atom is -0.311 e. The van der Waals surface area contributed by atoms with Gasteiger partial charge in [0.05, 0.1) is 0 Å². The Balaban J connectivity index is 1.94. The molecule has 2 atom stereocenters. The van der Waals surface area contributed by atoms with E-state index in [1.54, 1.807) is 6.33 Å². The van der Waals surface area contributed by atoms with Gasteiger partial charge in [0.15, 0.2) is 0 Å². The van der Waals surface area contributed by atoms with Crippen LogP contribution in [-0.4, -0.2) is 26.8 Å². The molecule has 1 aliphatic rings. The quantitative estimate of drug-likeness (QED) is 0.760. The highest BCUT2D eigenvalue weighted by molar-refractivity contribution is 4.91. The first-order valence-electron chi connectivity index (χ1n) is 5.34. The maximum Gasteiger partial charge on any atom is 0.138 e. The number of rotatable bonds is 2. The van der Waals surface area contributed by atoms with E-state index >= 15 is 0 Å². The summed E-state index contributed by atoms with van der Waals surface area (Å²) in [7, 11) is 1.95. The smallest absolute Gasteiger partial charge is 0.138 e. The molecule has 0 amide bonds. The molecule has 2 rings (SSSR count). The molecule has 14 heavy (non-hydrogen) atoms. The van der Waals surface area contributed by atoms with Gasteiger partial charge < -0.3 is 5.32 Å². The Morgan fingerprint density at radius 1 is 1.57 bits per heavy atom. The van der Waals surface area contributed by atoms with Gasteiger partial charge in [-0.2, -0.15) is 5.10 Å². The third kappa shape index (κ3) is 2.12. The van der Waals surface area contributed by atoms with Crippen molar-refractivity contribution < 1.29 is 0 Å². The summed E-state index contributed by atoms with van der Waals surface area (Å²) in [5, 5.41) is 7.68. The van der Waals surface area contributed by atoms with Crippen molar-refractivity contribution >= 4 is 0 Å². The monoisotopic (exact) mass is 194 g/mol. The highest BCUT2D eigenvalue weighted by Gasteiger charge is 2.19. The number of nitrogens with one attached hydrogen (secondary N) is 1. The van der Waals surface area contributed by atoms with Gasteiger partial charge in [0.25, 0.3) is 0 Å². The van der Waals surface area contributed by atoms with Gasteiger partial charge in [-0.1, -0.05) is 6.42 Å². The number of aromatic nitrogens is 3. The Hall–Kier alpha value is -0.900. The van der Waals surface area contributed by atoms with Crippen molar-refractivity contribution in [3.8, 4) is 0 Å². The molecule has 1 N–H and O–H groups in total. The Kier molecular flexibility index (Phi) is 2.82. The standard InChI is InChI=1S/C10H18N4/c1-8-4-3-5-9(13-8)6-10-11-7-12-14(10)2/h7-9,13H,3-6H2,1-2H3. The molecule has 0 radical (unpaired) electrons. The molecule has 1 aliphatic heterocycles. The second-order valence-corrected chi connectivity index (χ2v) is 4.20. The molecule has 0 spiro atoms. The minimum absolute atomic E-state index is 0.585. The number of hydrogen-bond acceptors (Lipinski definition) is 3. The van der Waals surface area contributed by atoms with Gasteiger partial charge in [-0.15, -0.1) is 0 Å². The molecule has 2 unspecified atom stereocenters. The van der Waals surface area contributed by atoms with Gasteiger partial charge in [-0.25, -0.2) is 4.98 Å². The third-order valence-electron chi connectivity index (χ3n) is 2.94. The molecule has 0 bridgehead atoms. The Morgan fingerprint density at radius 3 is 3.07 bits per heavy atom. The lowest BCUT2D eigenvalue weighted by Gasteiger charge is -2.28. The van der Waals surface area contributed by atoms with Gasteiger partial charge in [-0.3, -0.25) is 4.68 Å². The fourth-order valence-electron chi connectivity index (χ4n) is 2.13. The van der Waals surface area contributed by atoms with Crippen LogP contribution in [0.4, 0.5) is 0 Å². The van der Waals surface area contributed by atoms with Gasteiger partial charge in [0.2, 0.25) is 0 Å². The largest absolute Gasteiger partial charge is 0.311 e. The lowest BCUT2D eigenvalue weighted by atomic mass is 9.97. The van der Waals surface area contributed by atoms with Crippen LogP contribution in [0.3, 0.4) is 0 Å². The normalized spacial score (nSPS) is 27.9. The summed E-state index contributed by atoms with van der Waals surface area (Å²) in [5.74, 6) is 1.08. The molecule has 2 heterocycles. The molecular weight excluding hydrogens is 176 g/mol. The topological polar surface area (TPSA) is 42.7 Å². The zero-order valence-electron chi connectivity index (χ0n) is 8.90. The SMILES string of the molecule is CC1CCCC(Cc2ncnn2C)N1. The van der Waals surface area contributed by atoms with Crippen LogP contribution in [-0.2, 0) is 13.5 Å². The van der Waals surface area contributed by atoms with Gasteiger partial charge in [0.1, 0.15) is 12.2 Å². The highest BCUT2D eigenvalue weighted by Crippen LogP contribution is 2.14. The van der Waals surface area contributed by atoms with E-state index in [4.69, 9.17) is 0 Å². The first kappa shape index (κ1) is 9.65. The Bertz CT molecular complexity index is 294. The second kappa shape index (κ2) is 4.09. The number of hydrogen-bond donors (Lipinski definition) is 1. The summed E-state index contributed by atoms with van der Waals surface area (Å²) in [6.07, 6.45) is 6.52. The first-order chi connectivity index (χ1) is 6.75. The highest BCUT2D eigenvalue weighted by atomic mass is 15.3. The summed E-state index contributed by atoms with van der Waals surface area (Å²) in [6.45, 7) is 2.25. The molecule has 1 aromatic heterocycles. The van der Waals surface area contributed by atoms with Gasteiger partial charge in [-0.05, 0) is 19.8 Å². The van der Waals surface area contributed by atoms with Gasteiger partial charge in [0, 0.05) is 25.6 Å². The molecule has 0 aromatic carbocycles. The van der Waals surface area contributed by atoms with Crippen LogP contribution >= 0.6 is 0 Å². The van der Waals surface area contributed by atoms with E-state index in [2.05, 4.69) is 22.3 Å². The van der Waals surface area contributed by atoms with E-state index in [0.29, 0.717) is 12.1 Å². The summed E-state index contributed by atoms with van der Waals surface area (Å²) >= 11 is 0. The second-order valence-electron chi connectivity index (χ2n) is 4.20. The maximum absolute atomic E-state index is 4.25. The first-order valence-corrected chi connectivity index (χ1v) is 5.34. The summed E-state index contributed by atoms with van der Waals surface area (Å²) in [5.41, 5.74) is 0. The predicted molar refractivity (Wildman–Crippen MR) is 54.9 cm³/mol. The van der Waals surface area contributed by atoms with Crippen molar-refractivity contribution in [1.29, 1.82) is 0 Å². The van der Waals surface area contributed by atoms with Crippen molar-refractivity contribution in [2.24, 2.45) is 7.05 Å². The molecular formula is C10H18N4. The summed E-state index contributed by atoms with van der Waals surface area (Å²) in [6, 6.07) is 1.24. The lowest BCUT2D eigenvalue weighted by Crippen LogP contribution is -2.42. The van der Waals surface area contributed by atoms with Crippen LogP contribution in [0.5, 0.6) is 0 Å². The van der Waals surface area contributed by atoms with Crippen LogP contribution in [0.2, 0.25) is 0 Å². The van der Waals surface area contributed by atoms with Crippen LogP contribution in [0.25, 0.3) is 0 Å². The molecule has 0 saturated carbocycles. The van der Waals surface area contributed by atoms with E-state index in [1.165, 1.54) is 19.3 Å². The molecule has 4 nitrogen and oxygen atoms in total. The molecule has 1 fully saturated rings. The van der Waals surface area contributed by atoms with Crippen molar-refractivity contribution in [1.82, 2.24) is 20.1 Å². The lowest BCUT2D eigenvalue weighted by molar-refractivity contribution is 0.328. The van der Waals surface area contributed by atoms with Crippen LogP contribution in [0.15, 0.2) is 6.33 Å². The van der Waals surface area contributed by atoms with Crippen molar-refractivity contribution in [3.63, 3.8) is 0 Å². The average molecular weight is 194 g/mol. The fourth-order valence-corrected chi connectivity index (χ4v) is 2.13. The minimum atomic E-state index is 0.585. The van der Waals surface area contributed by atoms with E-state index in [-0.39, 0.29) is 0 Å². The molecule has 1 aromatic rings. The summed E-state index contributed by atoms with van der Waals surface area (Å²) < 4.78 is 1.86. The van der Waals surface area contributed by atoms with E-state index < -0.39 is 0 Å². The predicted octanol–water partition coefficient (Wildman–Crippen LogP) is 0.888. The van der Waals surface area contributed by atoms with Crippen molar-refractivity contribution in [2.75, 3.05) is 0 Å². The Labute approximate surface area is 84.7 Å². The number of piperidine rings is 1. The van der Waals surface area contributed by atoms with Crippen molar-refractivity contribution in [3.05, 3.63) is 12.2 Å². The third-order valence-corrected chi connectivity index (χ3v) is 2.94. The maximum atomic E-state index is 4.25. The number of nitrogens with zero attached hydrogens (tertiary/aromatic N) is 3. The molecule has 0 aliphatic carbocycles. The molecule has 78 valence electrons. The number of aryl methyl sites for hydroxylation is 1. The van der Waals surface area contributed by atoms with Crippen LogP contribution in [0, 0.1) is 0 Å². The van der Waals surface area contributed by atoms with Gasteiger partial charge >= 0.3 is 0 Å². The van der Waals surface area contributed by atoms with Crippen molar-refractivity contribution in [2.45, 2.75) is 44.7 Å². The molecule has 1 saturated heterocycles. The summed E-state index contributed by atoms with van der Waals surface area (Å²) in [4.78, 5) is 4.25. The van der Waals surface area contributed by atoms with Crippen LogP contribution in [0.1, 0.15) is 32.0 Å².